The number of fused-ring (bicyclic) bond motifs is 1. The van der Waals surface area contributed by atoms with E-state index in [-0.39, 0.29) is 11.6 Å². The second kappa shape index (κ2) is 8.88. The largest absolute Gasteiger partial charge is 0.444 e. The number of hydrogen-bond acceptors (Lipinski definition) is 4. The number of alkyl carbamates (subject to hydrolysis) is 1. The standard InChI is InChI=1S/C23H26ClN3O3/c1-5-16(25-22(29)30-23(2,3)4)14-20-26-19-12-11-15(24)13-18(19)21(28)27(20)17-9-7-6-8-10-17/h6-13,16H,5,14H2,1-4H3,(H,25,29)/t16-/m1/s1. The van der Waals surface area contributed by atoms with Crippen LogP contribution in [0.3, 0.4) is 0 Å². The van der Waals surface area contributed by atoms with Gasteiger partial charge >= 0.3 is 6.09 Å². The van der Waals surface area contributed by atoms with E-state index in [1.807, 2.05) is 58.0 Å². The SMILES string of the molecule is CC[C@H](Cc1nc2ccc(Cl)cc2c(=O)n1-c1ccccc1)NC(=O)OC(C)(C)C. The lowest BCUT2D eigenvalue weighted by Crippen LogP contribution is -2.41. The molecule has 0 unspecified atom stereocenters. The number of hydrogen-bond donors (Lipinski definition) is 1. The number of rotatable bonds is 5. The molecule has 1 N–H and O–H groups in total. The molecular weight excluding hydrogens is 402 g/mol. The van der Waals surface area contributed by atoms with Gasteiger partial charge < -0.3 is 10.1 Å². The quantitative estimate of drug-likeness (QED) is 0.629. The molecule has 0 saturated heterocycles. The number of benzene rings is 2. The van der Waals surface area contributed by atoms with Crippen molar-refractivity contribution in [2.24, 2.45) is 0 Å². The van der Waals surface area contributed by atoms with Gasteiger partial charge in [-0.05, 0) is 57.5 Å². The topological polar surface area (TPSA) is 73.2 Å². The first-order valence-corrected chi connectivity index (χ1v) is 10.3. The second-order valence-corrected chi connectivity index (χ2v) is 8.56. The summed E-state index contributed by atoms with van der Waals surface area (Å²) in [6.07, 6.45) is 0.539. The van der Waals surface area contributed by atoms with E-state index in [0.29, 0.717) is 40.3 Å². The molecule has 0 saturated carbocycles. The molecule has 6 nitrogen and oxygen atoms in total. The van der Waals surface area contributed by atoms with Crippen molar-refractivity contribution < 1.29 is 9.53 Å². The van der Waals surface area contributed by atoms with Crippen LogP contribution in [0.1, 0.15) is 39.9 Å². The maximum Gasteiger partial charge on any atom is 0.407 e. The van der Waals surface area contributed by atoms with Crippen molar-refractivity contribution in [1.29, 1.82) is 0 Å². The van der Waals surface area contributed by atoms with Crippen LogP contribution in [0.15, 0.2) is 53.3 Å². The van der Waals surface area contributed by atoms with Gasteiger partial charge in [0, 0.05) is 17.5 Å². The van der Waals surface area contributed by atoms with E-state index in [1.165, 1.54) is 0 Å². The van der Waals surface area contributed by atoms with Gasteiger partial charge in [-0.15, -0.1) is 0 Å². The van der Waals surface area contributed by atoms with E-state index in [1.54, 1.807) is 22.8 Å². The fraction of sp³-hybridized carbons (Fsp3) is 0.348. The van der Waals surface area contributed by atoms with E-state index in [2.05, 4.69) is 5.32 Å². The summed E-state index contributed by atoms with van der Waals surface area (Å²) >= 11 is 6.11. The number of carbonyl (C=O) groups excluding carboxylic acids is 1. The van der Waals surface area contributed by atoms with Crippen molar-refractivity contribution in [3.8, 4) is 5.69 Å². The monoisotopic (exact) mass is 427 g/mol. The lowest BCUT2D eigenvalue weighted by molar-refractivity contribution is 0.0502. The minimum absolute atomic E-state index is 0.198. The van der Waals surface area contributed by atoms with Crippen LogP contribution < -0.4 is 10.9 Å². The molecule has 0 bridgehead atoms. The van der Waals surface area contributed by atoms with Gasteiger partial charge in [0.25, 0.3) is 5.56 Å². The third kappa shape index (κ3) is 5.19. The zero-order valence-electron chi connectivity index (χ0n) is 17.6. The predicted octanol–water partition coefficient (Wildman–Crippen LogP) is 4.88. The number of para-hydroxylation sites is 1. The second-order valence-electron chi connectivity index (χ2n) is 8.12. The highest BCUT2D eigenvalue weighted by atomic mass is 35.5. The molecule has 1 heterocycles. The predicted molar refractivity (Wildman–Crippen MR) is 120 cm³/mol. The number of nitrogens with one attached hydrogen (secondary N) is 1. The van der Waals surface area contributed by atoms with Crippen LogP contribution in [0.4, 0.5) is 4.79 Å². The number of carbonyl (C=O) groups is 1. The van der Waals surface area contributed by atoms with Crippen molar-refractivity contribution in [1.82, 2.24) is 14.9 Å². The minimum Gasteiger partial charge on any atom is -0.444 e. The molecule has 0 aliphatic carbocycles. The maximum absolute atomic E-state index is 13.3. The van der Waals surface area contributed by atoms with Gasteiger partial charge in [-0.3, -0.25) is 9.36 Å². The number of ether oxygens (including phenoxy) is 1. The zero-order valence-corrected chi connectivity index (χ0v) is 18.4. The average Bonchev–Trinajstić information content (AvgIpc) is 2.67. The molecule has 1 atom stereocenters. The highest BCUT2D eigenvalue weighted by Crippen LogP contribution is 2.18. The summed E-state index contributed by atoms with van der Waals surface area (Å²) in [5, 5.41) is 3.82. The molecule has 1 amide bonds. The fourth-order valence-electron chi connectivity index (χ4n) is 3.18. The summed E-state index contributed by atoms with van der Waals surface area (Å²) in [5.41, 5.74) is 0.489. The number of amides is 1. The van der Waals surface area contributed by atoms with Crippen molar-refractivity contribution in [2.75, 3.05) is 0 Å². The normalized spacial score (nSPS) is 12.6. The molecule has 0 spiro atoms. The van der Waals surface area contributed by atoms with Crippen LogP contribution in [-0.2, 0) is 11.2 Å². The van der Waals surface area contributed by atoms with Crippen LogP contribution in [0.2, 0.25) is 5.02 Å². The summed E-state index contributed by atoms with van der Waals surface area (Å²) in [7, 11) is 0. The Kier molecular flexibility index (Phi) is 6.46. The molecule has 3 aromatic rings. The lowest BCUT2D eigenvalue weighted by atomic mass is 10.1. The van der Waals surface area contributed by atoms with Gasteiger partial charge in [0.2, 0.25) is 0 Å². The molecule has 30 heavy (non-hydrogen) atoms. The van der Waals surface area contributed by atoms with Crippen molar-refractivity contribution >= 4 is 28.6 Å². The summed E-state index contributed by atoms with van der Waals surface area (Å²) in [6.45, 7) is 7.41. The molecule has 0 fully saturated rings. The van der Waals surface area contributed by atoms with Crippen molar-refractivity contribution in [3.05, 3.63) is 69.7 Å². The van der Waals surface area contributed by atoms with Gasteiger partial charge in [0.1, 0.15) is 11.4 Å². The molecule has 3 rings (SSSR count). The Morgan fingerprint density at radius 3 is 2.53 bits per heavy atom. The highest BCUT2D eigenvalue weighted by molar-refractivity contribution is 6.31. The Balaban J connectivity index is 2.04. The van der Waals surface area contributed by atoms with Crippen LogP contribution in [-0.4, -0.2) is 27.3 Å². The molecule has 0 aliphatic rings. The summed E-state index contributed by atoms with van der Waals surface area (Å²) < 4.78 is 6.96. The first kappa shape index (κ1) is 21.8. The first-order chi connectivity index (χ1) is 14.2. The molecule has 0 aliphatic heterocycles. The first-order valence-electron chi connectivity index (χ1n) is 9.94. The Morgan fingerprint density at radius 1 is 1.20 bits per heavy atom. The number of halogens is 1. The van der Waals surface area contributed by atoms with Crippen LogP contribution in [0.5, 0.6) is 0 Å². The van der Waals surface area contributed by atoms with Gasteiger partial charge in [-0.2, -0.15) is 0 Å². The molecule has 158 valence electrons. The van der Waals surface area contributed by atoms with Crippen LogP contribution in [0, 0.1) is 0 Å². The van der Waals surface area contributed by atoms with Crippen molar-refractivity contribution in [3.63, 3.8) is 0 Å². The highest BCUT2D eigenvalue weighted by Gasteiger charge is 2.21. The maximum atomic E-state index is 13.3. The summed E-state index contributed by atoms with van der Waals surface area (Å²) in [5.74, 6) is 0.559. The smallest absolute Gasteiger partial charge is 0.407 e. The third-order valence-corrected chi connectivity index (χ3v) is 4.79. The van der Waals surface area contributed by atoms with Gasteiger partial charge in [-0.25, -0.2) is 9.78 Å². The zero-order chi connectivity index (χ0) is 21.9. The molecular formula is C23H26ClN3O3. The number of nitrogens with zero attached hydrogens (tertiary/aromatic N) is 2. The minimum atomic E-state index is -0.588. The Hall–Kier alpha value is -2.86. The Labute approximate surface area is 180 Å². The summed E-state index contributed by atoms with van der Waals surface area (Å²) in [4.78, 5) is 30.3. The van der Waals surface area contributed by atoms with Gasteiger partial charge in [-0.1, -0.05) is 36.7 Å². The van der Waals surface area contributed by atoms with E-state index < -0.39 is 11.7 Å². The molecule has 0 radical (unpaired) electrons. The van der Waals surface area contributed by atoms with Gasteiger partial charge in [0.05, 0.1) is 16.6 Å². The third-order valence-electron chi connectivity index (χ3n) is 4.56. The van der Waals surface area contributed by atoms with E-state index in [4.69, 9.17) is 21.3 Å². The average molecular weight is 428 g/mol. The van der Waals surface area contributed by atoms with E-state index >= 15 is 0 Å². The fourth-order valence-corrected chi connectivity index (χ4v) is 3.35. The van der Waals surface area contributed by atoms with E-state index in [0.717, 1.165) is 0 Å². The Bertz CT molecular complexity index is 1100. The Morgan fingerprint density at radius 2 is 1.90 bits per heavy atom. The van der Waals surface area contributed by atoms with E-state index in [9.17, 15) is 9.59 Å². The lowest BCUT2D eigenvalue weighted by Gasteiger charge is -2.23. The molecule has 1 aromatic heterocycles. The number of aromatic nitrogens is 2. The van der Waals surface area contributed by atoms with Crippen molar-refractivity contribution in [2.45, 2.75) is 52.2 Å². The summed E-state index contributed by atoms with van der Waals surface area (Å²) in [6, 6.07) is 14.2. The molecule has 7 heteroatoms. The van der Waals surface area contributed by atoms with Crippen LogP contribution in [0.25, 0.3) is 16.6 Å². The molecule has 2 aromatic carbocycles. The van der Waals surface area contributed by atoms with Crippen LogP contribution >= 0.6 is 11.6 Å². The van der Waals surface area contributed by atoms with Gasteiger partial charge in [0.15, 0.2) is 0 Å².